The summed E-state index contributed by atoms with van der Waals surface area (Å²) in [5.74, 6) is 0.121. The van der Waals surface area contributed by atoms with Crippen molar-refractivity contribution in [3.63, 3.8) is 0 Å². The third kappa shape index (κ3) is 3.46. The fraction of sp³-hybridized carbons (Fsp3) is 0.611. The molecule has 1 aromatic rings. The maximum absolute atomic E-state index is 12.6. The van der Waals surface area contributed by atoms with E-state index < -0.39 is 0 Å². The number of carbonyl (C=O) groups excluding carboxylic acids is 1. The Morgan fingerprint density at radius 2 is 1.81 bits per heavy atom. The summed E-state index contributed by atoms with van der Waals surface area (Å²) < 4.78 is 0. The number of piperidine rings is 1. The van der Waals surface area contributed by atoms with Crippen LogP contribution in [0.1, 0.15) is 57.0 Å². The van der Waals surface area contributed by atoms with Crippen LogP contribution in [0.25, 0.3) is 0 Å². The standard InChI is InChI=1S/C18H28N2O/c1-17(2,3)14-8-6-13(7-9-14)16(21)20-11-10-15(19)18(4,5)12-20/h6-9,15H,10-12,19H2,1-5H3. The highest BCUT2D eigenvalue weighted by Gasteiger charge is 2.35. The number of rotatable bonds is 1. The summed E-state index contributed by atoms with van der Waals surface area (Å²) in [6.45, 7) is 12.3. The third-order valence-electron chi connectivity index (χ3n) is 4.60. The molecule has 0 bridgehead atoms. The zero-order valence-corrected chi connectivity index (χ0v) is 13.9. The van der Waals surface area contributed by atoms with E-state index >= 15 is 0 Å². The van der Waals surface area contributed by atoms with Crippen LogP contribution in [-0.4, -0.2) is 29.9 Å². The second-order valence-electron chi connectivity index (χ2n) is 7.94. The Hall–Kier alpha value is -1.35. The number of amides is 1. The molecule has 0 aromatic heterocycles. The number of nitrogens with two attached hydrogens (primary N) is 1. The molecule has 1 aromatic carbocycles. The van der Waals surface area contributed by atoms with Crippen molar-refractivity contribution in [2.45, 2.75) is 52.5 Å². The molecule has 1 heterocycles. The Labute approximate surface area is 128 Å². The van der Waals surface area contributed by atoms with Gasteiger partial charge < -0.3 is 10.6 Å². The Morgan fingerprint density at radius 1 is 1.24 bits per heavy atom. The van der Waals surface area contributed by atoms with Gasteiger partial charge in [0, 0.05) is 24.7 Å². The molecular weight excluding hydrogens is 260 g/mol. The molecule has 21 heavy (non-hydrogen) atoms. The molecule has 1 fully saturated rings. The van der Waals surface area contributed by atoms with E-state index in [1.807, 2.05) is 17.0 Å². The lowest BCUT2D eigenvalue weighted by atomic mass is 9.79. The van der Waals surface area contributed by atoms with Gasteiger partial charge in [-0.15, -0.1) is 0 Å². The van der Waals surface area contributed by atoms with Crippen molar-refractivity contribution in [1.82, 2.24) is 4.90 Å². The number of likely N-dealkylation sites (tertiary alicyclic amines) is 1. The molecule has 0 radical (unpaired) electrons. The summed E-state index contributed by atoms with van der Waals surface area (Å²) >= 11 is 0. The summed E-state index contributed by atoms with van der Waals surface area (Å²) in [6, 6.07) is 8.20. The van der Waals surface area contributed by atoms with Crippen molar-refractivity contribution in [3.8, 4) is 0 Å². The topological polar surface area (TPSA) is 46.3 Å². The SMILES string of the molecule is CC(C)(C)c1ccc(C(=O)N2CCC(N)C(C)(C)C2)cc1. The average molecular weight is 288 g/mol. The Kier molecular flexibility index (Phi) is 4.16. The minimum Gasteiger partial charge on any atom is -0.338 e. The quantitative estimate of drug-likeness (QED) is 0.862. The van der Waals surface area contributed by atoms with E-state index in [0.717, 1.165) is 25.1 Å². The van der Waals surface area contributed by atoms with Crippen molar-refractivity contribution < 1.29 is 4.79 Å². The monoisotopic (exact) mass is 288 g/mol. The molecule has 1 atom stereocenters. The smallest absolute Gasteiger partial charge is 0.253 e. The molecule has 0 saturated carbocycles. The lowest BCUT2D eigenvalue weighted by Gasteiger charge is -2.42. The van der Waals surface area contributed by atoms with Crippen molar-refractivity contribution in [2.75, 3.05) is 13.1 Å². The van der Waals surface area contributed by atoms with Gasteiger partial charge in [0.25, 0.3) is 5.91 Å². The largest absolute Gasteiger partial charge is 0.338 e. The molecule has 1 amide bonds. The molecule has 1 aliphatic rings. The van der Waals surface area contributed by atoms with Crippen LogP contribution in [0, 0.1) is 5.41 Å². The van der Waals surface area contributed by atoms with Gasteiger partial charge in [0.2, 0.25) is 0 Å². The highest BCUT2D eigenvalue weighted by atomic mass is 16.2. The molecule has 2 rings (SSSR count). The zero-order valence-electron chi connectivity index (χ0n) is 13.9. The molecule has 2 N–H and O–H groups in total. The summed E-state index contributed by atoms with van der Waals surface area (Å²) in [5, 5.41) is 0. The number of hydrogen-bond donors (Lipinski definition) is 1. The molecule has 0 spiro atoms. The van der Waals surface area contributed by atoms with Gasteiger partial charge in [-0.1, -0.05) is 46.8 Å². The van der Waals surface area contributed by atoms with E-state index in [2.05, 4.69) is 46.8 Å². The summed E-state index contributed by atoms with van der Waals surface area (Å²) in [5.41, 5.74) is 8.26. The second kappa shape index (κ2) is 5.45. The van der Waals surface area contributed by atoms with Crippen LogP contribution in [0.3, 0.4) is 0 Å². The summed E-state index contributed by atoms with van der Waals surface area (Å²) in [4.78, 5) is 14.6. The van der Waals surface area contributed by atoms with Crippen LogP contribution < -0.4 is 5.73 Å². The van der Waals surface area contributed by atoms with E-state index in [9.17, 15) is 4.79 Å². The number of nitrogens with zero attached hydrogens (tertiary/aromatic N) is 1. The maximum Gasteiger partial charge on any atom is 0.253 e. The predicted octanol–water partition coefficient (Wildman–Crippen LogP) is 3.18. The minimum atomic E-state index is -0.0146. The van der Waals surface area contributed by atoms with E-state index in [4.69, 9.17) is 5.73 Å². The minimum absolute atomic E-state index is 0.0146. The van der Waals surface area contributed by atoms with Crippen LogP contribution in [0.5, 0.6) is 0 Å². The van der Waals surface area contributed by atoms with Gasteiger partial charge in [-0.25, -0.2) is 0 Å². The Bertz CT molecular complexity index is 511. The summed E-state index contributed by atoms with van der Waals surface area (Å²) in [7, 11) is 0. The van der Waals surface area contributed by atoms with Gasteiger partial charge in [0.1, 0.15) is 0 Å². The number of benzene rings is 1. The fourth-order valence-corrected chi connectivity index (χ4v) is 2.84. The van der Waals surface area contributed by atoms with Crippen molar-refractivity contribution in [3.05, 3.63) is 35.4 Å². The van der Waals surface area contributed by atoms with Gasteiger partial charge in [-0.2, -0.15) is 0 Å². The fourth-order valence-electron chi connectivity index (χ4n) is 2.84. The predicted molar refractivity (Wildman–Crippen MR) is 87.4 cm³/mol. The average Bonchev–Trinajstić information content (AvgIpc) is 2.40. The second-order valence-corrected chi connectivity index (χ2v) is 7.94. The Balaban J connectivity index is 2.14. The lowest BCUT2D eigenvalue weighted by molar-refractivity contribution is 0.0533. The zero-order chi connectivity index (χ0) is 15.8. The van der Waals surface area contributed by atoms with Crippen molar-refractivity contribution in [1.29, 1.82) is 0 Å². The molecule has 1 saturated heterocycles. The van der Waals surface area contributed by atoms with E-state index in [1.54, 1.807) is 0 Å². The molecule has 3 heteroatoms. The molecule has 3 nitrogen and oxygen atoms in total. The summed E-state index contributed by atoms with van der Waals surface area (Å²) in [6.07, 6.45) is 0.874. The first-order valence-corrected chi connectivity index (χ1v) is 7.77. The maximum atomic E-state index is 12.6. The molecule has 0 aliphatic carbocycles. The van der Waals surface area contributed by atoms with Crippen LogP contribution in [-0.2, 0) is 5.41 Å². The van der Waals surface area contributed by atoms with Crippen LogP contribution in [0.4, 0.5) is 0 Å². The normalized spacial score (nSPS) is 22.2. The highest BCUT2D eigenvalue weighted by Crippen LogP contribution is 2.29. The first kappa shape index (κ1) is 16.0. The highest BCUT2D eigenvalue weighted by molar-refractivity contribution is 5.94. The number of hydrogen-bond acceptors (Lipinski definition) is 2. The van der Waals surface area contributed by atoms with Crippen LogP contribution in [0.2, 0.25) is 0 Å². The van der Waals surface area contributed by atoms with Gasteiger partial charge in [0.05, 0.1) is 0 Å². The molecule has 116 valence electrons. The lowest BCUT2D eigenvalue weighted by Crippen LogP contribution is -2.54. The van der Waals surface area contributed by atoms with Gasteiger partial charge >= 0.3 is 0 Å². The first-order valence-electron chi connectivity index (χ1n) is 7.77. The molecule has 1 unspecified atom stereocenters. The van der Waals surface area contributed by atoms with Crippen molar-refractivity contribution >= 4 is 5.91 Å². The van der Waals surface area contributed by atoms with Crippen molar-refractivity contribution in [2.24, 2.45) is 11.1 Å². The van der Waals surface area contributed by atoms with E-state index in [-0.39, 0.29) is 22.8 Å². The van der Waals surface area contributed by atoms with Gasteiger partial charge in [-0.3, -0.25) is 4.79 Å². The van der Waals surface area contributed by atoms with E-state index in [1.165, 1.54) is 5.56 Å². The Morgan fingerprint density at radius 3 is 2.29 bits per heavy atom. The van der Waals surface area contributed by atoms with E-state index in [0.29, 0.717) is 0 Å². The van der Waals surface area contributed by atoms with Gasteiger partial charge in [-0.05, 0) is 34.9 Å². The number of carbonyl (C=O) groups is 1. The first-order chi connectivity index (χ1) is 9.61. The molecular formula is C18H28N2O. The van der Waals surface area contributed by atoms with Crippen LogP contribution in [0.15, 0.2) is 24.3 Å². The van der Waals surface area contributed by atoms with Gasteiger partial charge in [0.15, 0.2) is 0 Å². The third-order valence-corrected chi connectivity index (χ3v) is 4.60. The van der Waals surface area contributed by atoms with Crippen LogP contribution >= 0.6 is 0 Å². The molecule has 1 aliphatic heterocycles.